The molecular weight excluding hydrogens is 342 g/mol. The summed E-state index contributed by atoms with van der Waals surface area (Å²) in [5.74, 6) is 0. The van der Waals surface area contributed by atoms with Crippen LogP contribution in [-0.4, -0.2) is 59.5 Å². The predicted molar refractivity (Wildman–Crippen MR) is 108 cm³/mol. The average molecular weight is 365 g/mol. The molecule has 3 aromatic rings. The number of nitrogen functional groups attached to an aromatic ring is 1. The van der Waals surface area contributed by atoms with Crippen LogP contribution >= 0.6 is 0 Å². The summed E-state index contributed by atoms with van der Waals surface area (Å²) in [5.41, 5.74) is 9.47. The minimum absolute atomic E-state index is 0.191. The molecule has 0 radical (unpaired) electrons. The molecule has 140 valence electrons. The minimum atomic E-state index is -0.195. The first-order valence-corrected chi connectivity index (χ1v) is 9.13. The molecule has 0 unspecified atom stereocenters. The molecule has 0 atom stereocenters. The van der Waals surface area contributed by atoms with Gasteiger partial charge in [-0.3, -0.25) is 9.69 Å². The third-order valence-corrected chi connectivity index (χ3v) is 5.13. The number of nitrogens with one attached hydrogen (secondary N) is 1. The maximum atomic E-state index is 12.0. The Labute approximate surface area is 157 Å². The van der Waals surface area contributed by atoms with Crippen molar-refractivity contribution in [1.82, 2.24) is 15.1 Å². The Kier molecular flexibility index (Phi) is 4.79. The van der Waals surface area contributed by atoms with Crippen LogP contribution in [0.4, 0.5) is 11.4 Å². The van der Waals surface area contributed by atoms with Crippen molar-refractivity contribution in [3.8, 4) is 11.3 Å². The van der Waals surface area contributed by atoms with Gasteiger partial charge in [-0.1, -0.05) is 24.3 Å². The van der Waals surface area contributed by atoms with Crippen LogP contribution in [0.1, 0.15) is 0 Å². The highest BCUT2D eigenvalue weighted by atomic mass is 16.3. The van der Waals surface area contributed by atoms with E-state index in [2.05, 4.69) is 20.0 Å². The topological polar surface area (TPSA) is 98.5 Å². The summed E-state index contributed by atoms with van der Waals surface area (Å²) in [5, 5.41) is 17.3. The molecule has 27 heavy (non-hydrogen) atoms. The molecule has 0 bridgehead atoms. The summed E-state index contributed by atoms with van der Waals surface area (Å²) in [7, 11) is 0. The lowest BCUT2D eigenvalue weighted by Crippen LogP contribution is -2.47. The molecule has 7 nitrogen and oxygen atoms in total. The van der Waals surface area contributed by atoms with Crippen LogP contribution < -0.4 is 16.2 Å². The molecule has 1 fully saturated rings. The Morgan fingerprint density at radius 3 is 2.52 bits per heavy atom. The van der Waals surface area contributed by atoms with Gasteiger partial charge in [0, 0.05) is 43.7 Å². The number of hydrogen-bond donors (Lipinski definition) is 3. The molecule has 4 N–H and O–H groups in total. The Bertz CT molecular complexity index is 1010. The van der Waals surface area contributed by atoms with Crippen molar-refractivity contribution >= 4 is 22.1 Å². The van der Waals surface area contributed by atoms with E-state index in [-0.39, 0.29) is 12.2 Å². The van der Waals surface area contributed by atoms with Crippen LogP contribution in [0.15, 0.2) is 47.3 Å². The van der Waals surface area contributed by atoms with Crippen molar-refractivity contribution in [2.75, 3.05) is 50.0 Å². The number of benzene rings is 2. The lowest BCUT2D eigenvalue weighted by Gasteiger charge is -2.36. The zero-order chi connectivity index (χ0) is 18.8. The Morgan fingerprint density at radius 2 is 1.81 bits per heavy atom. The first-order chi connectivity index (χ1) is 13.2. The summed E-state index contributed by atoms with van der Waals surface area (Å²) in [6.45, 7) is 4.48. The van der Waals surface area contributed by atoms with Gasteiger partial charge >= 0.3 is 0 Å². The van der Waals surface area contributed by atoms with E-state index in [0.717, 1.165) is 48.5 Å². The van der Waals surface area contributed by atoms with E-state index >= 15 is 0 Å². The molecule has 2 aromatic carbocycles. The van der Waals surface area contributed by atoms with E-state index in [1.54, 1.807) is 6.07 Å². The van der Waals surface area contributed by atoms with Crippen molar-refractivity contribution in [3.63, 3.8) is 0 Å². The first-order valence-electron chi connectivity index (χ1n) is 9.13. The molecule has 1 saturated heterocycles. The van der Waals surface area contributed by atoms with Crippen LogP contribution in [0, 0.1) is 0 Å². The molecule has 0 saturated carbocycles. The quantitative estimate of drug-likeness (QED) is 0.603. The highest BCUT2D eigenvalue weighted by Gasteiger charge is 2.19. The van der Waals surface area contributed by atoms with Gasteiger partial charge in [0.05, 0.1) is 29.1 Å². The number of fused-ring (bicyclic) bond motifs is 1. The zero-order valence-corrected chi connectivity index (χ0v) is 15.1. The maximum Gasteiger partial charge on any atom is 0.272 e. The number of nitrogens with zero attached hydrogens (tertiary/aromatic N) is 3. The SMILES string of the molecule is Nc1cc(-c2n[nH]c(=O)c3ccccc23)ccc1N1CCN(CCO)CC1. The molecule has 4 rings (SSSR count). The fourth-order valence-corrected chi connectivity index (χ4v) is 3.68. The molecule has 1 aliphatic rings. The second-order valence-electron chi connectivity index (χ2n) is 6.77. The van der Waals surface area contributed by atoms with E-state index < -0.39 is 0 Å². The number of piperazine rings is 1. The molecule has 0 spiro atoms. The van der Waals surface area contributed by atoms with E-state index in [0.29, 0.717) is 17.6 Å². The van der Waals surface area contributed by atoms with Crippen LogP contribution in [-0.2, 0) is 0 Å². The molecule has 0 amide bonds. The molecule has 7 heteroatoms. The number of aromatic nitrogens is 2. The molecule has 0 aliphatic carbocycles. The monoisotopic (exact) mass is 365 g/mol. The van der Waals surface area contributed by atoms with E-state index in [1.807, 2.05) is 36.4 Å². The van der Waals surface area contributed by atoms with Gasteiger partial charge in [-0.15, -0.1) is 0 Å². The predicted octanol–water partition coefficient (Wildman–Crippen LogP) is 1.29. The van der Waals surface area contributed by atoms with E-state index in [1.165, 1.54) is 0 Å². The number of anilines is 2. The highest BCUT2D eigenvalue weighted by Crippen LogP contribution is 2.31. The van der Waals surface area contributed by atoms with Crippen molar-refractivity contribution in [1.29, 1.82) is 0 Å². The average Bonchev–Trinajstić information content (AvgIpc) is 2.69. The lowest BCUT2D eigenvalue weighted by molar-refractivity contribution is 0.189. The van der Waals surface area contributed by atoms with E-state index in [9.17, 15) is 4.79 Å². The third kappa shape index (κ3) is 3.39. The second kappa shape index (κ2) is 7.38. The fraction of sp³-hybridized carbons (Fsp3) is 0.300. The van der Waals surface area contributed by atoms with Gasteiger partial charge in [0.1, 0.15) is 0 Å². The number of nitrogens with two attached hydrogens (primary N) is 1. The Hall–Kier alpha value is -2.90. The van der Waals surface area contributed by atoms with Gasteiger partial charge in [-0.2, -0.15) is 5.10 Å². The molecule has 1 aliphatic heterocycles. The number of hydrogen-bond acceptors (Lipinski definition) is 6. The summed E-state index contributed by atoms with van der Waals surface area (Å²) in [6, 6.07) is 13.4. The van der Waals surface area contributed by atoms with Crippen molar-refractivity contribution in [2.24, 2.45) is 0 Å². The summed E-state index contributed by atoms with van der Waals surface area (Å²) < 4.78 is 0. The van der Waals surface area contributed by atoms with Gasteiger partial charge in [0.25, 0.3) is 5.56 Å². The van der Waals surface area contributed by atoms with Gasteiger partial charge in [-0.05, 0) is 18.2 Å². The van der Waals surface area contributed by atoms with Crippen molar-refractivity contribution in [2.45, 2.75) is 0 Å². The summed E-state index contributed by atoms with van der Waals surface area (Å²) in [6.07, 6.45) is 0. The zero-order valence-electron chi connectivity index (χ0n) is 15.1. The van der Waals surface area contributed by atoms with Gasteiger partial charge < -0.3 is 15.7 Å². The smallest absolute Gasteiger partial charge is 0.272 e. The third-order valence-electron chi connectivity index (χ3n) is 5.13. The molecule has 1 aromatic heterocycles. The number of aliphatic hydroxyl groups excluding tert-OH is 1. The number of H-pyrrole nitrogens is 1. The van der Waals surface area contributed by atoms with Crippen LogP contribution in [0.3, 0.4) is 0 Å². The lowest BCUT2D eigenvalue weighted by atomic mass is 10.0. The van der Waals surface area contributed by atoms with Gasteiger partial charge in [0.2, 0.25) is 0 Å². The van der Waals surface area contributed by atoms with Crippen LogP contribution in [0.5, 0.6) is 0 Å². The van der Waals surface area contributed by atoms with Crippen molar-refractivity contribution in [3.05, 3.63) is 52.8 Å². The number of β-amino-alcohol motifs (C(OH)–C–C–N with tert-alkyl or cyclic N) is 1. The Balaban J connectivity index is 1.64. The summed E-state index contributed by atoms with van der Waals surface area (Å²) in [4.78, 5) is 16.5. The summed E-state index contributed by atoms with van der Waals surface area (Å²) >= 11 is 0. The van der Waals surface area contributed by atoms with Crippen LogP contribution in [0.25, 0.3) is 22.0 Å². The van der Waals surface area contributed by atoms with E-state index in [4.69, 9.17) is 10.8 Å². The second-order valence-corrected chi connectivity index (χ2v) is 6.77. The minimum Gasteiger partial charge on any atom is -0.397 e. The maximum absolute atomic E-state index is 12.0. The first kappa shape index (κ1) is 17.5. The molecule has 2 heterocycles. The highest BCUT2D eigenvalue weighted by molar-refractivity contribution is 5.94. The Morgan fingerprint density at radius 1 is 1.07 bits per heavy atom. The standard InChI is InChI=1S/C20H23N5O2/c21-17-13-14(19-15-3-1-2-4-16(15)20(27)23-22-19)5-6-18(17)25-9-7-24(8-10-25)11-12-26/h1-6,13,26H,7-12,21H2,(H,23,27). The van der Waals surface area contributed by atoms with Crippen molar-refractivity contribution < 1.29 is 5.11 Å². The van der Waals surface area contributed by atoms with Gasteiger partial charge in [0.15, 0.2) is 0 Å². The molecular formula is C20H23N5O2. The number of aromatic amines is 1. The van der Waals surface area contributed by atoms with Crippen LogP contribution in [0.2, 0.25) is 0 Å². The number of rotatable bonds is 4. The fourth-order valence-electron chi connectivity index (χ4n) is 3.68. The number of aliphatic hydroxyl groups is 1. The van der Waals surface area contributed by atoms with Gasteiger partial charge in [-0.25, -0.2) is 5.10 Å². The normalized spacial score (nSPS) is 15.4. The largest absolute Gasteiger partial charge is 0.397 e.